The number of hydrogen-bond acceptors (Lipinski definition) is 3. The predicted octanol–water partition coefficient (Wildman–Crippen LogP) is 1.72. The van der Waals surface area contributed by atoms with Crippen molar-refractivity contribution in [1.29, 1.82) is 0 Å². The lowest BCUT2D eigenvalue weighted by Gasteiger charge is -2.34. The van der Waals surface area contributed by atoms with Crippen molar-refractivity contribution in [3.8, 4) is 0 Å². The predicted molar refractivity (Wildman–Crippen MR) is 92.1 cm³/mol. The van der Waals surface area contributed by atoms with Gasteiger partial charge >= 0.3 is 0 Å². The van der Waals surface area contributed by atoms with Crippen LogP contribution in [0.5, 0.6) is 0 Å². The Bertz CT molecular complexity index is 773. The number of hydrogen-bond donors (Lipinski definition) is 1. The van der Waals surface area contributed by atoms with Gasteiger partial charge in [0.05, 0.1) is 11.1 Å². The van der Waals surface area contributed by atoms with Crippen molar-refractivity contribution in [2.75, 3.05) is 39.9 Å². The fraction of sp³-hybridized carbons (Fsp3) is 0.444. The molecule has 6 heteroatoms. The number of benzene rings is 1. The van der Waals surface area contributed by atoms with Crippen LogP contribution in [0.25, 0.3) is 10.9 Å². The Balaban J connectivity index is 1.77. The summed E-state index contributed by atoms with van der Waals surface area (Å²) in [4.78, 5) is 31.7. The zero-order valence-corrected chi connectivity index (χ0v) is 14.4. The van der Waals surface area contributed by atoms with Gasteiger partial charge in [-0.05, 0) is 25.5 Å². The van der Waals surface area contributed by atoms with Crippen molar-refractivity contribution < 1.29 is 14.3 Å². The number of amides is 2. The summed E-state index contributed by atoms with van der Waals surface area (Å²) in [5, 5.41) is 1.09. The van der Waals surface area contributed by atoms with E-state index in [0.29, 0.717) is 31.7 Å². The summed E-state index contributed by atoms with van der Waals surface area (Å²) in [5.74, 6) is -0.0111. The highest BCUT2D eigenvalue weighted by Crippen LogP contribution is 2.25. The van der Waals surface area contributed by atoms with Crippen LogP contribution in [-0.2, 0) is 9.53 Å². The number of carbonyl (C=O) groups excluding carboxylic acids is 2. The molecule has 2 amide bonds. The van der Waals surface area contributed by atoms with Gasteiger partial charge in [-0.15, -0.1) is 0 Å². The Labute approximate surface area is 141 Å². The molecule has 0 unspecified atom stereocenters. The smallest absolute Gasteiger partial charge is 0.256 e. The van der Waals surface area contributed by atoms with Gasteiger partial charge in [-0.3, -0.25) is 9.59 Å². The summed E-state index contributed by atoms with van der Waals surface area (Å²) in [5.41, 5.74) is 3.85. The number of H-pyrrole nitrogens is 1. The largest absolute Gasteiger partial charge is 0.375 e. The first-order valence-electron chi connectivity index (χ1n) is 8.16. The third-order valence-electron chi connectivity index (χ3n) is 4.76. The van der Waals surface area contributed by atoms with E-state index >= 15 is 0 Å². The van der Waals surface area contributed by atoms with Gasteiger partial charge in [0.2, 0.25) is 5.91 Å². The Hall–Kier alpha value is -2.34. The molecule has 0 atom stereocenters. The molecule has 1 aromatic carbocycles. The molecule has 0 radical (unpaired) electrons. The van der Waals surface area contributed by atoms with Crippen LogP contribution in [0.2, 0.25) is 0 Å². The van der Waals surface area contributed by atoms with Crippen LogP contribution < -0.4 is 0 Å². The van der Waals surface area contributed by atoms with Gasteiger partial charge in [0.25, 0.3) is 5.91 Å². The van der Waals surface area contributed by atoms with Crippen LogP contribution in [0, 0.1) is 13.8 Å². The van der Waals surface area contributed by atoms with Gasteiger partial charge in [0.1, 0.15) is 6.61 Å². The number of nitrogens with one attached hydrogen (secondary N) is 1. The van der Waals surface area contributed by atoms with E-state index in [-0.39, 0.29) is 18.4 Å². The average molecular weight is 329 g/mol. The van der Waals surface area contributed by atoms with Crippen LogP contribution in [0.1, 0.15) is 21.6 Å². The van der Waals surface area contributed by atoms with E-state index in [2.05, 4.69) is 11.9 Å². The minimum atomic E-state index is -0.0256. The standard InChI is InChI=1S/C18H23N3O3/c1-12-13(2)19-17-14(12)5-4-6-15(17)18(23)21-9-7-20(8-10-21)16(22)11-24-3/h4-6,19H,7-11H2,1-3H3. The maximum absolute atomic E-state index is 12.9. The minimum Gasteiger partial charge on any atom is -0.375 e. The van der Waals surface area contributed by atoms with E-state index in [1.54, 1.807) is 4.90 Å². The fourth-order valence-electron chi connectivity index (χ4n) is 3.21. The summed E-state index contributed by atoms with van der Waals surface area (Å²) >= 11 is 0. The normalized spacial score (nSPS) is 15.1. The second kappa shape index (κ2) is 6.65. The Morgan fingerprint density at radius 2 is 1.79 bits per heavy atom. The fourth-order valence-corrected chi connectivity index (χ4v) is 3.21. The third kappa shape index (κ3) is 2.89. The van der Waals surface area contributed by atoms with E-state index in [0.717, 1.165) is 16.6 Å². The average Bonchev–Trinajstić information content (AvgIpc) is 2.89. The zero-order valence-electron chi connectivity index (χ0n) is 14.4. The highest BCUT2D eigenvalue weighted by molar-refractivity contribution is 6.06. The van der Waals surface area contributed by atoms with Crippen molar-refractivity contribution in [3.63, 3.8) is 0 Å². The molecule has 1 N–H and O–H groups in total. The van der Waals surface area contributed by atoms with Crippen molar-refractivity contribution in [1.82, 2.24) is 14.8 Å². The second-order valence-electron chi connectivity index (χ2n) is 6.21. The summed E-state index contributed by atoms with van der Waals surface area (Å²) in [7, 11) is 1.51. The summed E-state index contributed by atoms with van der Waals surface area (Å²) < 4.78 is 4.89. The van der Waals surface area contributed by atoms with E-state index in [1.807, 2.05) is 30.0 Å². The molecular formula is C18H23N3O3. The van der Waals surface area contributed by atoms with E-state index in [1.165, 1.54) is 12.7 Å². The molecule has 1 aliphatic heterocycles. The molecule has 1 aliphatic rings. The molecule has 0 spiro atoms. The topological polar surface area (TPSA) is 65.6 Å². The molecule has 0 bridgehead atoms. The minimum absolute atomic E-state index is 0.0145. The molecule has 6 nitrogen and oxygen atoms in total. The third-order valence-corrected chi connectivity index (χ3v) is 4.76. The highest BCUT2D eigenvalue weighted by Gasteiger charge is 2.26. The number of methoxy groups -OCH3 is 1. The maximum Gasteiger partial charge on any atom is 0.256 e. The second-order valence-corrected chi connectivity index (χ2v) is 6.21. The number of aryl methyl sites for hydroxylation is 2. The molecule has 0 saturated carbocycles. The van der Waals surface area contributed by atoms with Crippen molar-refractivity contribution in [2.45, 2.75) is 13.8 Å². The molecule has 1 fully saturated rings. The Morgan fingerprint density at radius 3 is 2.46 bits per heavy atom. The molecule has 128 valence electrons. The number of para-hydroxylation sites is 1. The number of aromatic amines is 1. The van der Waals surface area contributed by atoms with Gasteiger partial charge in [-0.1, -0.05) is 12.1 Å². The highest BCUT2D eigenvalue weighted by atomic mass is 16.5. The first kappa shape index (κ1) is 16.5. The van der Waals surface area contributed by atoms with Gasteiger partial charge in [0.15, 0.2) is 0 Å². The van der Waals surface area contributed by atoms with E-state index in [9.17, 15) is 9.59 Å². The van der Waals surface area contributed by atoms with Crippen molar-refractivity contribution in [3.05, 3.63) is 35.0 Å². The molecule has 1 saturated heterocycles. The zero-order chi connectivity index (χ0) is 17.3. The molecule has 2 aromatic rings. The molecule has 1 aromatic heterocycles. The molecule has 2 heterocycles. The van der Waals surface area contributed by atoms with Crippen LogP contribution in [0.4, 0.5) is 0 Å². The quantitative estimate of drug-likeness (QED) is 0.932. The molecular weight excluding hydrogens is 306 g/mol. The summed E-state index contributed by atoms with van der Waals surface area (Å²) in [6, 6.07) is 5.82. The summed E-state index contributed by atoms with van der Waals surface area (Å²) in [6.45, 7) is 6.35. The van der Waals surface area contributed by atoms with Crippen LogP contribution >= 0.6 is 0 Å². The number of rotatable bonds is 3. The number of carbonyl (C=O) groups is 2. The number of piperazine rings is 1. The van der Waals surface area contributed by atoms with Gasteiger partial charge in [0, 0.05) is 44.4 Å². The Kier molecular flexibility index (Phi) is 4.57. The lowest BCUT2D eigenvalue weighted by atomic mass is 10.1. The van der Waals surface area contributed by atoms with E-state index < -0.39 is 0 Å². The van der Waals surface area contributed by atoms with Gasteiger partial charge < -0.3 is 19.5 Å². The number of fused-ring (bicyclic) bond motifs is 1. The monoisotopic (exact) mass is 329 g/mol. The first-order valence-corrected chi connectivity index (χ1v) is 8.16. The maximum atomic E-state index is 12.9. The van der Waals surface area contributed by atoms with Crippen molar-refractivity contribution >= 4 is 22.7 Å². The first-order chi connectivity index (χ1) is 11.5. The number of aromatic nitrogens is 1. The number of ether oxygens (including phenoxy) is 1. The lowest BCUT2D eigenvalue weighted by Crippen LogP contribution is -2.51. The lowest BCUT2D eigenvalue weighted by molar-refractivity contribution is -0.136. The van der Waals surface area contributed by atoms with E-state index in [4.69, 9.17) is 4.74 Å². The summed E-state index contributed by atoms with van der Waals surface area (Å²) in [6.07, 6.45) is 0. The van der Waals surface area contributed by atoms with Crippen LogP contribution in [-0.4, -0.2) is 66.5 Å². The Morgan fingerprint density at radius 1 is 1.12 bits per heavy atom. The molecule has 3 rings (SSSR count). The van der Waals surface area contributed by atoms with Crippen LogP contribution in [0.15, 0.2) is 18.2 Å². The van der Waals surface area contributed by atoms with Gasteiger partial charge in [-0.25, -0.2) is 0 Å². The van der Waals surface area contributed by atoms with Crippen molar-refractivity contribution in [2.24, 2.45) is 0 Å². The molecule has 0 aliphatic carbocycles. The molecule has 24 heavy (non-hydrogen) atoms. The SMILES string of the molecule is COCC(=O)N1CCN(C(=O)c2cccc3c(C)c(C)[nH]c23)CC1. The van der Waals surface area contributed by atoms with Crippen LogP contribution in [0.3, 0.4) is 0 Å². The number of nitrogens with zero attached hydrogens (tertiary/aromatic N) is 2. The van der Waals surface area contributed by atoms with Gasteiger partial charge in [-0.2, -0.15) is 0 Å².